The van der Waals surface area contributed by atoms with Gasteiger partial charge in [-0.25, -0.2) is 9.97 Å². The number of nitrogens with one attached hydrogen (secondary N) is 2. The summed E-state index contributed by atoms with van der Waals surface area (Å²) in [5, 5.41) is 3.94. The zero-order valence-electron chi connectivity index (χ0n) is 13.7. The van der Waals surface area contributed by atoms with Gasteiger partial charge in [-0.1, -0.05) is 11.3 Å². The van der Waals surface area contributed by atoms with Crippen molar-refractivity contribution in [3.63, 3.8) is 0 Å². The van der Waals surface area contributed by atoms with Crippen LogP contribution >= 0.6 is 22.7 Å². The Morgan fingerprint density at radius 2 is 2.12 bits per heavy atom. The number of H-pyrrole nitrogens is 1. The van der Waals surface area contributed by atoms with Crippen LogP contribution in [0.25, 0.3) is 20.6 Å². The van der Waals surface area contributed by atoms with Crippen molar-refractivity contribution in [2.75, 3.05) is 36.5 Å². The first-order chi connectivity index (χ1) is 12.8. The third-order valence-corrected chi connectivity index (χ3v) is 6.48. The molecule has 26 heavy (non-hydrogen) atoms. The van der Waals surface area contributed by atoms with Crippen molar-refractivity contribution in [1.82, 2.24) is 15.0 Å². The van der Waals surface area contributed by atoms with E-state index in [2.05, 4.69) is 20.2 Å². The van der Waals surface area contributed by atoms with Crippen molar-refractivity contribution in [3.8, 4) is 0 Å². The number of amides is 1. The van der Waals surface area contributed by atoms with E-state index in [0.717, 1.165) is 57.7 Å². The van der Waals surface area contributed by atoms with Gasteiger partial charge in [0.15, 0.2) is 5.13 Å². The number of ether oxygens (including phenoxy) is 1. The lowest BCUT2D eigenvalue weighted by Gasteiger charge is -2.25. The van der Waals surface area contributed by atoms with Crippen molar-refractivity contribution in [1.29, 1.82) is 0 Å². The number of nitrogens with zero attached hydrogens (tertiary/aromatic N) is 3. The van der Waals surface area contributed by atoms with Crippen molar-refractivity contribution in [2.45, 2.75) is 0 Å². The number of aromatic amines is 1. The summed E-state index contributed by atoms with van der Waals surface area (Å²) in [5.74, 6) is -0.122. The molecule has 0 aliphatic carbocycles. The summed E-state index contributed by atoms with van der Waals surface area (Å²) in [5.41, 5.74) is 2.50. The molecule has 0 bridgehead atoms. The predicted octanol–water partition coefficient (Wildman–Crippen LogP) is 3.32. The third-order valence-electron chi connectivity index (χ3n) is 4.26. The minimum Gasteiger partial charge on any atom is -0.378 e. The van der Waals surface area contributed by atoms with Crippen molar-refractivity contribution >= 4 is 60.0 Å². The largest absolute Gasteiger partial charge is 0.378 e. The van der Waals surface area contributed by atoms with Crippen molar-refractivity contribution in [2.24, 2.45) is 0 Å². The number of hydrogen-bond acceptors (Lipinski definition) is 7. The van der Waals surface area contributed by atoms with Crippen LogP contribution in [0, 0.1) is 0 Å². The Bertz CT molecular complexity index is 1060. The topological polar surface area (TPSA) is 83.1 Å². The maximum atomic E-state index is 12.6. The van der Waals surface area contributed by atoms with Gasteiger partial charge >= 0.3 is 0 Å². The Hall–Kier alpha value is -2.49. The first kappa shape index (κ1) is 15.7. The first-order valence-electron chi connectivity index (χ1n) is 8.24. The third kappa shape index (κ3) is 2.83. The van der Waals surface area contributed by atoms with E-state index in [-0.39, 0.29) is 5.91 Å². The van der Waals surface area contributed by atoms with Gasteiger partial charge in [0.25, 0.3) is 5.91 Å². The molecule has 1 aliphatic heterocycles. The quantitative estimate of drug-likeness (QED) is 0.565. The summed E-state index contributed by atoms with van der Waals surface area (Å²) in [6.45, 7) is 3.20. The molecule has 3 aromatic heterocycles. The van der Waals surface area contributed by atoms with Gasteiger partial charge in [0.1, 0.15) is 4.83 Å². The lowest BCUT2D eigenvalue weighted by atomic mass is 10.2. The summed E-state index contributed by atoms with van der Waals surface area (Å²) >= 11 is 3.05. The van der Waals surface area contributed by atoms with Crippen LogP contribution in [0.2, 0.25) is 0 Å². The second kappa shape index (κ2) is 6.35. The molecule has 4 heterocycles. The normalized spacial score (nSPS) is 15.0. The van der Waals surface area contributed by atoms with Crippen molar-refractivity contribution in [3.05, 3.63) is 35.5 Å². The predicted molar refractivity (Wildman–Crippen MR) is 105 cm³/mol. The minimum atomic E-state index is -0.122. The summed E-state index contributed by atoms with van der Waals surface area (Å²) in [7, 11) is 0. The molecule has 4 aromatic rings. The Morgan fingerprint density at radius 3 is 2.96 bits per heavy atom. The Labute approximate surface area is 156 Å². The lowest BCUT2D eigenvalue weighted by Crippen LogP contribution is -2.36. The minimum absolute atomic E-state index is 0.122. The molecular formula is C17H15N5O2S2. The highest BCUT2D eigenvalue weighted by Gasteiger charge is 2.19. The van der Waals surface area contributed by atoms with E-state index < -0.39 is 0 Å². The average molecular weight is 385 g/mol. The standard InChI is InChI=1S/C17H15N5O2S2/c23-15(20-10-1-2-11-12(7-10)19-9-18-11)13-8-14-16(25-13)21-17(26-14)22-3-5-24-6-4-22/h1-2,7-9H,3-6H2,(H,18,19)(H,20,23). The van der Waals surface area contributed by atoms with Crippen LogP contribution < -0.4 is 10.2 Å². The van der Waals surface area contributed by atoms with Gasteiger partial charge in [0.2, 0.25) is 0 Å². The van der Waals surface area contributed by atoms with Gasteiger partial charge in [-0.2, -0.15) is 0 Å². The highest BCUT2D eigenvalue weighted by molar-refractivity contribution is 7.29. The van der Waals surface area contributed by atoms with Crippen LogP contribution in [0.15, 0.2) is 30.6 Å². The summed E-state index contributed by atoms with van der Waals surface area (Å²) in [6.07, 6.45) is 1.64. The zero-order chi connectivity index (χ0) is 17.5. The van der Waals surface area contributed by atoms with E-state index in [1.165, 1.54) is 11.3 Å². The van der Waals surface area contributed by atoms with Crippen LogP contribution in [0.4, 0.5) is 10.8 Å². The maximum absolute atomic E-state index is 12.6. The molecule has 2 N–H and O–H groups in total. The molecule has 1 saturated heterocycles. The Morgan fingerprint density at radius 1 is 1.23 bits per heavy atom. The summed E-state index contributed by atoms with van der Waals surface area (Å²) < 4.78 is 6.43. The van der Waals surface area contributed by atoms with E-state index in [9.17, 15) is 4.79 Å². The number of aromatic nitrogens is 3. The molecule has 1 fully saturated rings. The smallest absolute Gasteiger partial charge is 0.265 e. The fourth-order valence-corrected chi connectivity index (χ4v) is 5.09. The van der Waals surface area contributed by atoms with Gasteiger partial charge in [-0.3, -0.25) is 4.79 Å². The molecule has 7 nitrogen and oxygen atoms in total. The van der Waals surface area contributed by atoms with Gasteiger partial charge in [0, 0.05) is 18.8 Å². The maximum Gasteiger partial charge on any atom is 0.265 e. The molecule has 5 rings (SSSR count). The van der Waals surface area contributed by atoms with Crippen LogP contribution in [-0.2, 0) is 4.74 Å². The second-order valence-electron chi connectivity index (χ2n) is 5.96. The monoisotopic (exact) mass is 385 g/mol. The van der Waals surface area contributed by atoms with Crippen LogP contribution in [0.5, 0.6) is 0 Å². The van der Waals surface area contributed by atoms with Crippen LogP contribution in [-0.4, -0.2) is 47.2 Å². The number of carbonyl (C=O) groups excluding carboxylic acids is 1. The average Bonchev–Trinajstić information content (AvgIpc) is 3.36. The molecule has 1 aromatic carbocycles. The molecule has 0 unspecified atom stereocenters. The van der Waals surface area contributed by atoms with Gasteiger partial charge in [-0.05, 0) is 24.3 Å². The molecule has 0 atom stereocenters. The van der Waals surface area contributed by atoms with Gasteiger partial charge in [0.05, 0.1) is 40.2 Å². The summed E-state index contributed by atoms with van der Waals surface area (Å²) in [6, 6.07) is 7.54. The molecule has 1 aliphatic rings. The molecule has 132 valence electrons. The van der Waals surface area contributed by atoms with E-state index in [0.29, 0.717) is 4.88 Å². The van der Waals surface area contributed by atoms with Crippen molar-refractivity contribution < 1.29 is 9.53 Å². The number of benzene rings is 1. The molecule has 9 heteroatoms. The van der Waals surface area contributed by atoms with E-state index >= 15 is 0 Å². The number of carbonyl (C=O) groups is 1. The highest BCUT2D eigenvalue weighted by atomic mass is 32.1. The van der Waals surface area contributed by atoms with E-state index in [1.54, 1.807) is 17.7 Å². The zero-order valence-corrected chi connectivity index (χ0v) is 15.3. The summed E-state index contributed by atoms with van der Waals surface area (Å²) in [4.78, 5) is 28.3. The number of anilines is 2. The Kier molecular flexibility index (Phi) is 3.84. The fraction of sp³-hybridized carbons (Fsp3) is 0.235. The van der Waals surface area contributed by atoms with Crippen LogP contribution in [0.1, 0.15) is 9.67 Å². The van der Waals surface area contributed by atoms with Gasteiger partial charge in [-0.15, -0.1) is 11.3 Å². The first-order valence-corrected chi connectivity index (χ1v) is 9.87. The number of morpholine rings is 1. The van der Waals surface area contributed by atoms with E-state index in [1.807, 2.05) is 24.3 Å². The second-order valence-corrected chi connectivity index (χ2v) is 8.00. The Balaban J connectivity index is 1.36. The fourth-order valence-electron chi connectivity index (χ4n) is 2.93. The van der Waals surface area contributed by atoms with Crippen LogP contribution in [0.3, 0.4) is 0 Å². The lowest BCUT2D eigenvalue weighted by molar-refractivity contribution is 0.103. The number of thiophene rings is 1. The molecule has 0 radical (unpaired) electrons. The molecular weight excluding hydrogens is 370 g/mol. The highest BCUT2D eigenvalue weighted by Crippen LogP contribution is 2.35. The number of hydrogen-bond donors (Lipinski definition) is 2. The SMILES string of the molecule is O=C(Nc1ccc2[nH]cnc2c1)c1cc2sc(N3CCOCC3)nc2s1. The number of fused-ring (bicyclic) bond motifs is 2. The van der Waals surface area contributed by atoms with E-state index in [4.69, 9.17) is 9.72 Å². The number of thiazole rings is 1. The molecule has 0 saturated carbocycles. The van der Waals surface area contributed by atoms with Gasteiger partial charge < -0.3 is 19.9 Å². The molecule has 0 spiro atoms. The molecule has 1 amide bonds. The number of imidazole rings is 1. The number of rotatable bonds is 3.